The summed E-state index contributed by atoms with van der Waals surface area (Å²) in [5, 5.41) is 0. The smallest absolute Gasteiger partial charge is 0.160 e. The number of Topliss-reactive ketones (excluding diaryl/α,β-unsaturated/α-hetero) is 1. The Morgan fingerprint density at radius 2 is 1.76 bits per heavy atom. The molecule has 0 saturated heterocycles. The number of hydrogen-bond donors (Lipinski definition) is 0. The molecule has 2 rings (SSSR count). The highest BCUT2D eigenvalue weighted by Gasteiger charge is 2.07. The lowest BCUT2D eigenvalue weighted by molar-refractivity contribution is 0.101. The van der Waals surface area contributed by atoms with Crippen molar-refractivity contribution in [2.75, 3.05) is 0 Å². The van der Waals surface area contributed by atoms with Crippen LogP contribution in [-0.4, -0.2) is 15.8 Å². The van der Waals surface area contributed by atoms with Crippen LogP contribution < -0.4 is 0 Å². The SMILES string of the molecule is CC(=O)c1cc(-c2ncc(C)cn2)ccc1C. The van der Waals surface area contributed by atoms with E-state index in [0.717, 1.165) is 22.3 Å². The van der Waals surface area contributed by atoms with Gasteiger partial charge in [0.25, 0.3) is 0 Å². The van der Waals surface area contributed by atoms with E-state index in [2.05, 4.69) is 9.97 Å². The van der Waals surface area contributed by atoms with Gasteiger partial charge in [0.2, 0.25) is 0 Å². The summed E-state index contributed by atoms with van der Waals surface area (Å²) in [5.74, 6) is 0.717. The molecule has 86 valence electrons. The first-order chi connectivity index (χ1) is 8.08. The summed E-state index contributed by atoms with van der Waals surface area (Å²) in [6.45, 7) is 5.44. The first kappa shape index (κ1) is 11.5. The van der Waals surface area contributed by atoms with E-state index < -0.39 is 0 Å². The van der Waals surface area contributed by atoms with Crippen LogP contribution in [0.4, 0.5) is 0 Å². The summed E-state index contributed by atoms with van der Waals surface area (Å²) in [6, 6.07) is 5.71. The molecule has 0 spiro atoms. The highest BCUT2D eigenvalue weighted by molar-refractivity contribution is 5.96. The van der Waals surface area contributed by atoms with Gasteiger partial charge in [-0.3, -0.25) is 4.79 Å². The van der Waals surface area contributed by atoms with E-state index >= 15 is 0 Å². The fraction of sp³-hybridized carbons (Fsp3) is 0.214. The quantitative estimate of drug-likeness (QED) is 0.739. The number of benzene rings is 1. The third kappa shape index (κ3) is 2.38. The second kappa shape index (κ2) is 4.45. The van der Waals surface area contributed by atoms with Gasteiger partial charge in [-0.15, -0.1) is 0 Å². The number of ketones is 1. The van der Waals surface area contributed by atoms with Crippen molar-refractivity contribution in [3.05, 3.63) is 47.3 Å². The highest BCUT2D eigenvalue weighted by Crippen LogP contribution is 2.19. The number of aryl methyl sites for hydroxylation is 2. The number of hydrogen-bond acceptors (Lipinski definition) is 3. The lowest BCUT2D eigenvalue weighted by Crippen LogP contribution is -1.97. The van der Waals surface area contributed by atoms with Crippen molar-refractivity contribution >= 4 is 5.78 Å². The number of nitrogens with zero attached hydrogens (tertiary/aromatic N) is 2. The van der Waals surface area contributed by atoms with E-state index in [1.165, 1.54) is 0 Å². The predicted molar refractivity (Wildman–Crippen MR) is 66.9 cm³/mol. The molecule has 17 heavy (non-hydrogen) atoms. The predicted octanol–water partition coefficient (Wildman–Crippen LogP) is 2.96. The largest absolute Gasteiger partial charge is 0.295 e. The Morgan fingerprint density at radius 1 is 1.12 bits per heavy atom. The zero-order valence-corrected chi connectivity index (χ0v) is 10.2. The summed E-state index contributed by atoms with van der Waals surface area (Å²) in [6.07, 6.45) is 3.55. The van der Waals surface area contributed by atoms with Crippen LogP contribution in [0.25, 0.3) is 11.4 Å². The summed E-state index contributed by atoms with van der Waals surface area (Å²) in [7, 11) is 0. The molecular weight excluding hydrogens is 212 g/mol. The van der Waals surface area contributed by atoms with Crippen molar-refractivity contribution in [1.82, 2.24) is 9.97 Å². The number of rotatable bonds is 2. The lowest BCUT2D eigenvalue weighted by Gasteiger charge is -2.05. The molecule has 0 bridgehead atoms. The minimum Gasteiger partial charge on any atom is -0.295 e. The Balaban J connectivity index is 2.50. The van der Waals surface area contributed by atoms with E-state index in [4.69, 9.17) is 0 Å². The van der Waals surface area contributed by atoms with Gasteiger partial charge in [-0.05, 0) is 38.0 Å². The second-order valence-corrected chi connectivity index (χ2v) is 4.17. The standard InChI is InChI=1S/C14H14N2O/c1-9-7-15-14(16-8-9)12-5-4-10(2)13(6-12)11(3)17/h4-8H,1-3H3. The van der Waals surface area contributed by atoms with E-state index in [1.807, 2.05) is 32.0 Å². The Bertz CT molecular complexity index is 559. The summed E-state index contributed by atoms with van der Waals surface area (Å²) in [5.41, 5.74) is 3.61. The molecule has 2 aromatic rings. The second-order valence-electron chi connectivity index (χ2n) is 4.17. The Morgan fingerprint density at radius 3 is 2.35 bits per heavy atom. The highest BCUT2D eigenvalue weighted by atomic mass is 16.1. The molecule has 0 amide bonds. The molecular formula is C14H14N2O. The molecule has 3 heteroatoms. The minimum atomic E-state index is 0.0662. The van der Waals surface area contributed by atoms with Crippen molar-refractivity contribution < 1.29 is 4.79 Å². The van der Waals surface area contributed by atoms with Gasteiger partial charge in [-0.1, -0.05) is 12.1 Å². The maximum Gasteiger partial charge on any atom is 0.160 e. The fourth-order valence-electron chi connectivity index (χ4n) is 1.68. The fourth-order valence-corrected chi connectivity index (χ4v) is 1.68. The van der Waals surface area contributed by atoms with Crippen molar-refractivity contribution in [3.8, 4) is 11.4 Å². The maximum atomic E-state index is 11.5. The minimum absolute atomic E-state index is 0.0662. The van der Waals surface area contributed by atoms with Crippen LogP contribution in [0.2, 0.25) is 0 Å². The first-order valence-electron chi connectivity index (χ1n) is 5.48. The van der Waals surface area contributed by atoms with Gasteiger partial charge >= 0.3 is 0 Å². The Kier molecular flexibility index (Phi) is 3.00. The van der Waals surface area contributed by atoms with E-state index in [0.29, 0.717) is 5.82 Å². The van der Waals surface area contributed by atoms with E-state index in [1.54, 1.807) is 19.3 Å². The Labute approximate surface area is 101 Å². The van der Waals surface area contributed by atoms with Crippen LogP contribution in [0, 0.1) is 13.8 Å². The van der Waals surface area contributed by atoms with E-state index in [-0.39, 0.29) is 5.78 Å². The molecule has 0 N–H and O–H groups in total. The molecule has 1 aromatic heterocycles. The number of carbonyl (C=O) groups is 1. The van der Waals surface area contributed by atoms with Crippen LogP contribution in [0.5, 0.6) is 0 Å². The average Bonchev–Trinajstić information content (AvgIpc) is 2.30. The molecule has 0 fully saturated rings. The van der Waals surface area contributed by atoms with Crippen molar-refractivity contribution in [1.29, 1.82) is 0 Å². The maximum absolute atomic E-state index is 11.5. The summed E-state index contributed by atoms with van der Waals surface area (Å²) < 4.78 is 0. The Hall–Kier alpha value is -2.03. The monoisotopic (exact) mass is 226 g/mol. The van der Waals surface area contributed by atoms with Gasteiger partial charge in [0.05, 0.1) is 0 Å². The third-order valence-corrected chi connectivity index (χ3v) is 2.66. The number of carbonyl (C=O) groups excluding carboxylic acids is 1. The molecule has 0 atom stereocenters. The molecule has 0 unspecified atom stereocenters. The van der Waals surface area contributed by atoms with Crippen LogP contribution >= 0.6 is 0 Å². The van der Waals surface area contributed by atoms with E-state index in [9.17, 15) is 4.79 Å². The van der Waals surface area contributed by atoms with Gasteiger partial charge < -0.3 is 0 Å². The van der Waals surface area contributed by atoms with Crippen LogP contribution in [0.3, 0.4) is 0 Å². The normalized spacial score (nSPS) is 10.3. The zero-order valence-electron chi connectivity index (χ0n) is 10.2. The molecule has 0 aliphatic heterocycles. The van der Waals surface area contributed by atoms with Gasteiger partial charge in [0.1, 0.15) is 0 Å². The van der Waals surface area contributed by atoms with Crippen LogP contribution in [0.1, 0.15) is 28.4 Å². The first-order valence-corrected chi connectivity index (χ1v) is 5.48. The molecule has 3 nitrogen and oxygen atoms in total. The summed E-state index contributed by atoms with van der Waals surface area (Å²) in [4.78, 5) is 20.0. The molecule has 0 radical (unpaired) electrons. The van der Waals surface area contributed by atoms with Gasteiger partial charge in [-0.25, -0.2) is 9.97 Å². The topological polar surface area (TPSA) is 42.9 Å². The lowest BCUT2D eigenvalue weighted by atomic mass is 10.0. The molecule has 0 saturated carbocycles. The zero-order chi connectivity index (χ0) is 12.4. The van der Waals surface area contributed by atoms with Crippen molar-refractivity contribution in [2.24, 2.45) is 0 Å². The van der Waals surface area contributed by atoms with Crippen molar-refractivity contribution in [2.45, 2.75) is 20.8 Å². The van der Waals surface area contributed by atoms with Crippen LogP contribution in [-0.2, 0) is 0 Å². The van der Waals surface area contributed by atoms with Crippen molar-refractivity contribution in [3.63, 3.8) is 0 Å². The molecule has 1 aromatic carbocycles. The summed E-state index contributed by atoms with van der Waals surface area (Å²) >= 11 is 0. The molecule has 0 aliphatic carbocycles. The third-order valence-electron chi connectivity index (χ3n) is 2.66. The average molecular weight is 226 g/mol. The van der Waals surface area contributed by atoms with Gasteiger partial charge in [0, 0.05) is 23.5 Å². The molecule has 0 aliphatic rings. The molecule has 1 heterocycles. The van der Waals surface area contributed by atoms with Crippen LogP contribution in [0.15, 0.2) is 30.6 Å². The van der Waals surface area contributed by atoms with Gasteiger partial charge in [0.15, 0.2) is 11.6 Å². The number of aromatic nitrogens is 2. The van der Waals surface area contributed by atoms with Gasteiger partial charge in [-0.2, -0.15) is 0 Å².